The van der Waals surface area contributed by atoms with Crippen LogP contribution >= 0.6 is 0 Å². The average Bonchev–Trinajstić information content (AvgIpc) is 2.96. The molecule has 6 heteroatoms. The maximum Gasteiger partial charge on any atom is 0.411 e. The van der Waals surface area contributed by atoms with Crippen LogP contribution in [0.5, 0.6) is 0 Å². The fraction of sp³-hybridized carbons (Fsp3) is 0.909. The van der Waals surface area contributed by atoms with Crippen molar-refractivity contribution in [3.8, 4) is 6.07 Å². The Morgan fingerprint density at radius 3 is 2.29 bits per heavy atom. The van der Waals surface area contributed by atoms with Crippen LogP contribution in [0.25, 0.3) is 0 Å². The standard InChI is InChI=1S/C11H17F3N2O/c1-8(2)16-10(5-15,9-3-4-9)6-17-7-11(12,13)14/h8-9,16H,3-4,6-7H2,1-2H3. The molecule has 0 aromatic rings. The molecule has 1 rings (SSSR count). The minimum absolute atomic E-state index is 0.0322. The van der Waals surface area contributed by atoms with Crippen molar-refractivity contribution in [3.63, 3.8) is 0 Å². The summed E-state index contributed by atoms with van der Waals surface area (Å²) in [5, 5.41) is 12.2. The van der Waals surface area contributed by atoms with Gasteiger partial charge in [0, 0.05) is 6.04 Å². The van der Waals surface area contributed by atoms with Gasteiger partial charge in [-0.15, -0.1) is 0 Å². The molecule has 98 valence electrons. The predicted molar refractivity (Wildman–Crippen MR) is 56.2 cm³/mol. The van der Waals surface area contributed by atoms with Gasteiger partial charge in [-0.1, -0.05) is 0 Å². The molecule has 1 fully saturated rings. The second kappa shape index (κ2) is 5.23. The highest BCUT2D eigenvalue weighted by atomic mass is 19.4. The summed E-state index contributed by atoms with van der Waals surface area (Å²) >= 11 is 0. The Hall–Kier alpha value is -0.800. The number of alkyl halides is 3. The third kappa shape index (κ3) is 4.52. The lowest BCUT2D eigenvalue weighted by molar-refractivity contribution is -0.177. The molecule has 0 bridgehead atoms. The summed E-state index contributed by atoms with van der Waals surface area (Å²) in [6.45, 7) is 2.20. The topological polar surface area (TPSA) is 45.0 Å². The number of nitriles is 1. The Morgan fingerprint density at radius 1 is 1.35 bits per heavy atom. The summed E-state index contributed by atoms with van der Waals surface area (Å²) in [5.41, 5.74) is -0.973. The molecule has 1 aliphatic carbocycles. The minimum Gasteiger partial charge on any atom is -0.369 e. The number of rotatable bonds is 6. The summed E-state index contributed by atoms with van der Waals surface area (Å²) in [6.07, 6.45) is -2.62. The summed E-state index contributed by atoms with van der Waals surface area (Å²) in [6, 6.07) is 2.12. The summed E-state index contributed by atoms with van der Waals surface area (Å²) in [5.74, 6) is 0.100. The normalized spacial score (nSPS) is 20.1. The molecular formula is C11H17F3N2O. The first-order chi connectivity index (χ1) is 7.79. The molecule has 1 saturated carbocycles. The molecule has 0 aliphatic heterocycles. The lowest BCUT2D eigenvalue weighted by atomic mass is 9.95. The van der Waals surface area contributed by atoms with E-state index in [2.05, 4.69) is 16.1 Å². The number of nitrogens with zero attached hydrogens (tertiary/aromatic N) is 1. The zero-order valence-electron chi connectivity index (χ0n) is 9.97. The Balaban J connectivity index is 2.55. The first kappa shape index (κ1) is 14.3. The van der Waals surface area contributed by atoms with Crippen LogP contribution in [-0.4, -0.2) is 31.0 Å². The summed E-state index contributed by atoms with van der Waals surface area (Å²) < 4.78 is 40.6. The van der Waals surface area contributed by atoms with Gasteiger partial charge in [-0.25, -0.2) is 0 Å². The van der Waals surface area contributed by atoms with Crippen LogP contribution in [-0.2, 0) is 4.74 Å². The van der Waals surface area contributed by atoms with Crippen molar-refractivity contribution in [1.29, 1.82) is 5.26 Å². The van der Waals surface area contributed by atoms with Gasteiger partial charge in [0.25, 0.3) is 0 Å². The van der Waals surface area contributed by atoms with Gasteiger partial charge in [0.1, 0.15) is 12.1 Å². The highest BCUT2D eigenvalue weighted by Crippen LogP contribution is 2.40. The number of ether oxygens (including phenoxy) is 1. The fourth-order valence-corrected chi connectivity index (χ4v) is 1.85. The molecule has 0 aromatic carbocycles. The van der Waals surface area contributed by atoms with Gasteiger partial charge in [-0.2, -0.15) is 18.4 Å². The quantitative estimate of drug-likeness (QED) is 0.786. The van der Waals surface area contributed by atoms with Crippen LogP contribution in [0.4, 0.5) is 13.2 Å². The zero-order valence-corrected chi connectivity index (χ0v) is 9.97. The second-order valence-electron chi connectivity index (χ2n) is 4.76. The lowest BCUT2D eigenvalue weighted by Crippen LogP contribution is -2.53. The van der Waals surface area contributed by atoms with Gasteiger partial charge >= 0.3 is 6.18 Å². The van der Waals surface area contributed by atoms with E-state index in [-0.39, 0.29) is 18.6 Å². The van der Waals surface area contributed by atoms with Crippen LogP contribution < -0.4 is 5.32 Å². The molecule has 3 nitrogen and oxygen atoms in total. The molecule has 0 spiro atoms. The summed E-state index contributed by atoms with van der Waals surface area (Å²) in [4.78, 5) is 0. The second-order valence-corrected chi connectivity index (χ2v) is 4.76. The van der Waals surface area contributed by atoms with Crippen LogP contribution in [0.15, 0.2) is 0 Å². The van der Waals surface area contributed by atoms with Gasteiger partial charge in [0.2, 0.25) is 0 Å². The molecule has 1 unspecified atom stereocenters. The van der Waals surface area contributed by atoms with Crippen molar-refractivity contribution in [1.82, 2.24) is 5.32 Å². The summed E-state index contributed by atoms with van der Waals surface area (Å²) in [7, 11) is 0. The lowest BCUT2D eigenvalue weighted by Gasteiger charge is -2.30. The van der Waals surface area contributed by atoms with Gasteiger partial charge in [-0.3, -0.25) is 5.32 Å². The molecule has 0 saturated heterocycles. The monoisotopic (exact) mass is 250 g/mol. The Labute approximate surface area is 98.9 Å². The van der Waals surface area contributed by atoms with E-state index in [1.807, 2.05) is 13.8 Å². The van der Waals surface area contributed by atoms with E-state index in [1.54, 1.807) is 0 Å². The van der Waals surface area contributed by atoms with Crippen LogP contribution in [0.1, 0.15) is 26.7 Å². The van der Waals surface area contributed by atoms with E-state index in [1.165, 1.54) is 0 Å². The Kier molecular flexibility index (Phi) is 4.39. The van der Waals surface area contributed by atoms with Crippen molar-refractivity contribution in [3.05, 3.63) is 0 Å². The van der Waals surface area contributed by atoms with E-state index in [0.29, 0.717) is 0 Å². The molecule has 0 radical (unpaired) electrons. The highest BCUT2D eigenvalue weighted by molar-refractivity contribution is 5.16. The number of hydrogen-bond acceptors (Lipinski definition) is 3. The number of halogens is 3. The SMILES string of the molecule is CC(C)NC(C#N)(COCC(F)(F)F)C1CC1. The molecule has 0 amide bonds. The van der Waals surface area contributed by atoms with Crippen LogP contribution in [0.3, 0.4) is 0 Å². The maximum absolute atomic E-state index is 12.0. The van der Waals surface area contributed by atoms with Gasteiger partial charge in [-0.05, 0) is 32.6 Å². The largest absolute Gasteiger partial charge is 0.411 e. The van der Waals surface area contributed by atoms with Crippen LogP contribution in [0.2, 0.25) is 0 Å². The van der Waals surface area contributed by atoms with E-state index < -0.39 is 18.3 Å². The van der Waals surface area contributed by atoms with Gasteiger partial charge in [0.05, 0.1) is 12.7 Å². The first-order valence-corrected chi connectivity index (χ1v) is 5.62. The van der Waals surface area contributed by atoms with Crippen molar-refractivity contribution >= 4 is 0 Å². The third-order valence-corrected chi connectivity index (χ3v) is 2.62. The predicted octanol–water partition coefficient (Wildman–Crippen LogP) is 2.24. The fourth-order valence-electron chi connectivity index (χ4n) is 1.85. The Morgan fingerprint density at radius 2 is 1.94 bits per heavy atom. The number of hydrogen-bond donors (Lipinski definition) is 1. The van der Waals surface area contributed by atoms with Crippen molar-refractivity contribution in [2.75, 3.05) is 13.2 Å². The van der Waals surface area contributed by atoms with Crippen LogP contribution in [0, 0.1) is 17.2 Å². The zero-order chi connectivity index (χ0) is 13.1. The van der Waals surface area contributed by atoms with E-state index >= 15 is 0 Å². The molecule has 1 N–H and O–H groups in total. The smallest absolute Gasteiger partial charge is 0.369 e. The first-order valence-electron chi connectivity index (χ1n) is 5.62. The van der Waals surface area contributed by atoms with Crippen molar-refractivity contribution in [2.45, 2.75) is 44.4 Å². The minimum atomic E-state index is -4.34. The number of nitrogens with one attached hydrogen (secondary N) is 1. The van der Waals surface area contributed by atoms with Crippen molar-refractivity contribution < 1.29 is 17.9 Å². The Bertz CT molecular complexity index is 294. The van der Waals surface area contributed by atoms with Gasteiger partial charge < -0.3 is 4.74 Å². The average molecular weight is 250 g/mol. The van der Waals surface area contributed by atoms with Gasteiger partial charge in [0.15, 0.2) is 0 Å². The molecule has 17 heavy (non-hydrogen) atoms. The third-order valence-electron chi connectivity index (χ3n) is 2.62. The molecular weight excluding hydrogens is 233 g/mol. The van der Waals surface area contributed by atoms with E-state index in [4.69, 9.17) is 0 Å². The molecule has 0 heterocycles. The van der Waals surface area contributed by atoms with E-state index in [9.17, 15) is 18.4 Å². The molecule has 1 atom stereocenters. The molecule has 0 aromatic heterocycles. The molecule has 1 aliphatic rings. The highest BCUT2D eigenvalue weighted by Gasteiger charge is 2.46. The van der Waals surface area contributed by atoms with E-state index in [0.717, 1.165) is 12.8 Å². The van der Waals surface area contributed by atoms with Crippen molar-refractivity contribution in [2.24, 2.45) is 5.92 Å². The maximum atomic E-state index is 12.0.